The van der Waals surface area contributed by atoms with Crippen LogP contribution in [0.1, 0.15) is 18.1 Å². The lowest BCUT2D eigenvalue weighted by atomic mass is 10.0. The fourth-order valence-corrected chi connectivity index (χ4v) is 1.76. The summed E-state index contributed by atoms with van der Waals surface area (Å²) in [5.41, 5.74) is 4.62. The molecule has 0 spiro atoms. The molecule has 0 aliphatic carbocycles. The van der Waals surface area contributed by atoms with Crippen molar-refractivity contribution in [3.8, 4) is 0 Å². The van der Waals surface area contributed by atoms with Crippen molar-refractivity contribution in [2.75, 3.05) is 5.32 Å². The van der Waals surface area contributed by atoms with Gasteiger partial charge in [0.2, 0.25) is 0 Å². The lowest BCUT2D eigenvalue weighted by molar-refractivity contribution is -0.136. The molecule has 4 nitrogen and oxygen atoms in total. The molecule has 1 aromatic rings. The van der Waals surface area contributed by atoms with Gasteiger partial charge in [0.05, 0.1) is 11.3 Å². The van der Waals surface area contributed by atoms with Gasteiger partial charge in [0.15, 0.2) is 11.1 Å². The molecule has 0 aliphatic heterocycles. The lowest BCUT2D eigenvalue weighted by Gasteiger charge is -2.18. The minimum atomic E-state index is -4.49. The number of thiocarbonyl (C=S) groups is 1. The summed E-state index contributed by atoms with van der Waals surface area (Å²) in [4.78, 5) is 0. The van der Waals surface area contributed by atoms with Gasteiger partial charge < -0.3 is 16.4 Å². The molecule has 0 aromatic heterocycles. The highest BCUT2D eigenvalue weighted by Gasteiger charge is 2.34. The number of halogens is 3. The van der Waals surface area contributed by atoms with Crippen molar-refractivity contribution in [3.63, 3.8) is 0 Å². The second-order valence-electron chi connectivity index (χ2n) is 3.68. The number of rotatable bonds is 2. The summed E-state index contributed by atoms with van der Waals surface area (Å²) in [5.74, 6) is -0.444. The van der Waals surface area contributed by atoms with Crippen LogP contribution in [0.2, 0.25) is 0 Å². The van der Waals surface area contributed by atoms with Crippen LogP contribution in [-0.4, -0.2) is 11.1 Å². The molecule has 19 heavy (non-hydrogen) atoms. The van der Waals surface area contributed by atoms with Gasteiger partial charge in [0.1, 0.15) is 0 Å². The van der Waals surface area contributed by atoms with Gasteiger partial charge in [-0.1, -0.05) is 19.1 Å². The normalized spacial score (nSPS) is 10.9. The topological polar surface area (TPSA) is 73.9 Å². The molecular formula is C11H13F3N4S. The van der Waals surface area contributed by atoms with E-state index in [9.17, 15) is 13.2 Å². The Morgan fingerprint density at radius 3 is 2.53 bits per heavy atom. The number of hydrogen-bond donors (Lipinski definition) is 4. The molecule has 0 heterocycles. The van der Waals surface area contributed by atoms with E-state index in [1.807, 2.05) is 0 Å². The Kier molecular flexibility index (Phi) is 4.71. The molecular weight excluding hydrogens is 277 g/mol. The van der Waals surface area contributed by atoms with Gasteiger partial charge in [-0.15, -0.1) is 0 Å². The number of alkyl halides is 3. The van der Waals surface area contributed by atoms with Crippen molar-refractivity contribution in [2.45, 2.75) is 19.5 Å². The number of nitrogens with two attached hydrogens (primary N) is 1. The third-order valence-electron chi connectivity index (χ3n) is 2.32. The van der Waals surface area contributed by atoms with Crippen LogP contribution in [0.4, 0.5) is 18.9 Å². The SMILES string of the molecule is CCc1cccc(C(F)(F)F)c1NC(=S)NC(=N)N. The maximum atomic E-state index is 12.9. The first-order chi connectivity index (χ1) is 8.75. The molecule has 0 aliphatic rings. The van der Waals surface area contributed by atoms with E-state index >= 15 is 0 Å². The molecule has 1 rings (SSSR count). The Morgan fingerprint density at radius 1 is 1.42 bits per heavy atom. The first-order valence-electron chi connectivity index (χ1n) is 5.36. The second kappa shape index (κ2) is 5.87. The molecule has 8 heteroatoms. The third kappa shape index (κ3) is 4.09. The maximum Gasteiger partial charge on any atom is 0.418 e. The van der Waals surface area contributed by atoms with Gasteiger partial charge in [-0.2, -0.15) is 13.2 Å². The Morgan fingerprint density at radius 2 is 2.05 bits per heavy atom. The number of guanidine groups is 1. The van der Waals surface area contributed by atoms with Gasteiger partial charge in [0.25, 0.3) is 0 Å². The smallest absolute Gasteiger partial charge is 0.370 e. The van der Waals surface area contributed by atoms with Crippen molar-refractivity contribution < 1.29 is 13.2 Å². The summed E-state index contributed by atoms with van der Waals surface area (Å²) >= 11 is 4.79. The molecule has 104 valence electrons. The van der Waals surface area contributed by atoms with Crippen molar-refractivity contribution in [1.82, 2.24) is 5.32 Å². The number of anilines is 1. The summed E-state index contributed by atoms with van der Waals surface area (Å²) in [7, 11) is 0. The number of hydrogen-bond acceptors (Lipinski definition) is 2. The standard InChI is InChI=1S/C11H13F3N4S/c1-2-6-4-3-5-7(11(12,13)14)8(6)17-10(19)18-9(15)16/h3-5H,2H2,1H3,(H5,15,16,17,18,19). The van der Waals surface area contributed by atoms with Gasteiger partial charge >= 0.3 is 6.18 Å². The fourth-order valence-electron chi connectivity index (χ4n) is 1.55. The van der Waals surface area contributed by atoms with E-state index in [0.717, 1.165) is 6.07 Å². The zero-order valence-corrected chi connectivity index (χ0v) is 10.9. The average molecular weight is 290 g/mol. The van der Waals surface area contributed by atoms with E-state index < -0.39 is 17.7 Å². The number of aryl methyl sites for hydroxylation is 1. The van der Waals surface area contributed by atoms with Crippen LogP contribution in [-0.2, 0) is 12.6 Å². The van der Waals surface area contributed by atoms with Gasteiger partial charge in [-0.25, -0.2) is 0 Å². The van der Waals surface area contributed by atoms with E-state index in [0.29, 0.717) is 12.0 Å². The molecule has 0 atom stereocenters. The Balaban J connectivity index is 3.16. The quantitative estimate of drug-likeness (QED) is 0.383. The van der Waals surface area contributed by atoms with E-state index in [1.165, 1.54) is 6.07 Å². The maximum absolute atomic E-state index is 12.9. The van der Waals surface area contributed by atoms with Crippen LogP contribution in [0, 0.1) is 5.41 Å². The van der Waals surface area contributed by atoms with Crippen molar-refractivity contribution >= 4 is 29.0 Å². The van der Waals surface area contributed by atoms with E-state index in [2.05, 4.69) is 10.6 Å². The highest BCUT2D eigenvalue weighted by Crippen LogP contribution is 2.36. The monoisotopic (exact) mass is 290 g/mol. The first-order valence-corrected chi connectivity index (χ1v) is 5.77. The van der Waals surface area contributed by atoms with E-state index in [4.69, 9.17) is 23.4 Å². The van der Waals surface area contributed by atoms with Gasteiger partial charge in [0, 0.05) is 0 Å². The van der Waals surface area contributed by atoms with Crippen molar-refractivity contribution in [1.29, 1.82) is 5.41 Å². The van der Waals surface area contributed by atoms with Gasteiger partial charge in [-0.3, -0.25) is 5.41 Å². The molecule has 0 saturated heterocycles. The Labute approximate surface area is 113 Å². The Bertz CT molecular complexity index is 499. The predicted octanol–water partition coefficient (Wildman–Crippen LogP) is 2.45. The summed E-state index contributed by atoms with van der Waals surface area (Å²) < 4.78 is 38.7. The average Bonchev–Trinajstić information content (AvgIpc) is 2.26. The first kappa shape index (κ1) is 15.2. The summed E-state index contributed by atoms with van der Waals surface area (Å²) in [6.45, 7) is 1.74. The highest BCUT2D eigenvalue weighted by molar-refractivity contribution is 7.80. The molecule has 0 amide bonds. The predicted molar refractivity (Wildman–Crippen MR) is 72.1 cm³/mol. The van der Waals surface area contributed by atoms with Crippen molar-refractivity contribution in [2.24, 2.45) is 5.73 Å². The molecule has 0 unspecified atom stereocenters. The highest BCUT2D eigenvalue weighted by atomic mass is 32.1. The third-order valence-corrected chi connectivity index (χ3v) is 2.53. The largest absolute Gasteiger partial charge is 0.418 e. The fraction of sp³-hybridized carbons (Fsp3) is 0.273. The van der Waals surface area contributed by atoms with Gasteiger partial charge in [-0.05, 0) is 30.3 Å². The zero-order valence-electron chi connectivity index (χ0n) is 10.1. The molecule has 0 radical (unpaired) electrons. The second-order valence-corrected chi connectivity index (χ2v) is 4.09. The Hall–Kier alpha value is -1.83. The van der Waals surface area contributed by atoms with Crippen LogP contribution in [0.5, 0.6) is 0 Å². The molecule has 0 fully saturated rings. The van der Waals surface area contributed by atoms with Crippen LogP contribution in [0.15, 0.2) is 18.2 Å². The van der Waals surface area contributed by atoms with Crippen LogP contribution >= 0.6 is 12.2 Å². The number of para-hydroxylation sites is 1. The van der Waals surface area contributed by atoms with Crippen LogP contribution in [0.3, 0.4) is 0 Å². The molecule has 1 aromatic carbocycles. The molecule has 0 bridgehead atoms. The number of benzene rings is 1. The van der Waals surface area contributed by atoms with E-state index in [-0.39, 0.29) is 10.8 Å². The lowest BCUT2D eigenvalue weighted by Crippen LogP contribution is -2.39. The summed E-state index contributed by atoms with van der Waals surface area (Å²) in [6.07, 6.45) is -4.08. The molecule has 0 saturated carbocycles. The zero-order chi connectivity index (χ0) is 14.6. The van der Waals surface area contributed by atoms with Crippen molar-refractivity contribution in [3.05, 3.63) is 29.3 Å². The minimum absolute atomic E-state index is 0.115. The summed E-state index contributed by atoms with van der Waals surface area (Å²) in [6, 6.07) is 3.89. The molecule has 5 N–H and O–H groups in total. The summed E-state index contributed by atoms with van der Waals surface area (Å²) in [5, 5.41) is 11.5. The van der Waals surface area contributed by atoms with E-state index in [1.54, 1.807) is 13.0 Å². The number of nitrogens with one attached hydrogen (secondary N) is 3. The minimum Gasteiger partial charge on any atom is -0.370 e. The van der Waals surface area contributed by atoms with Crippen LogP contribution in [0.25, 0.3) is 0 Å². The van der Waals surface area contributed by atoms with Crippen LogP contribution < -0.4 is 16.4 Å².